The highest BCUT2D eigenvalue weighted by Gasteiger charge is 2.17. The van der Waals surface area contributed by atoms with Gasteiger partial charge in [0.2, 0.25) is 0 Å². The van der Waals surface area contributed by atoms with Gasteiger partial charge < -0.3 is 0 Å². The molecule has 0 amide bonds. The first-order valence-corrected chi connectivity index (χ1v) is 8.58. The van der Waals surface area contributed by atoms with Crippen molar-refractivity contribution in [2.24, 2.45) is 0 Å². The first-order valence-electron chi connectivity index (χ1n) is 5.73. The molecule has 0 spiro atoms. The van der Waals surface area contributed by atoms with Crippen LogP contribution in [0.5, 0.6) is 0 Å². The average Bonchev–Trinajstić information content (AvgIpc) is 2.83. The van der Waals surface area contributed by atoms with Crippen LogP contribution in [0.2, 0.25) is 5.02 Å². The Morgan fingerprint density at radius 3 is 2.65 bits per heavy atom. The lowest BCUT2D eigenvalue weighted by Crippen LogP contribution is -2.01. The number of hydrogen-bond acceptors (Lipinski definition) is 2. The Bertz CT molecular complexity index is 826. The Balaban J connectivity index is 2.16. The van der Waals surface area contributed by atoms with Gasteiger partial charge in [-0.25, -0.2) is 0 Å². The van der Waals surface area contributed by atoms with Crippen LogP contribution in [0.15, 0.2) is 50.7 Å². The molecular formula is C15H7Br2ClOS. The molecule has 0 aliphatic carbocycles. The molecule has 0 saturated carbocycles. The zero-order chi connectivity index (χ0) is 14.3. The van der Waals surface area contributed by atoms with Crippen LogP contribution in [0.1, 0.15) is 15.9 Å². The van der Waals surface area contributed by atoms with Crippen LogP contribution in [0.3, 0.4) is 0 Å². The van der Waals surface area contributed by atoms with E-state index in [9.17, 15) is 4.79 Å². The highest BCUT2D eigenvalue weighted by Crippen LogP contribution is 2.34. The summed E-state index contributed by atoms with van der Waals surface area (Å²) < 4.78 is 2.93. The van der Waals surface area contributed by atoms with Crippen LogP contribution in [0.25, 0.3) is 10.1 Å². The topological polar surface area (TPSA) is 17.1 Å². The molecule has 2 aromatic carbocycles. The fourth-order valence-corrected chi connectivity index (χ4v) is 4.38. The monoisotopic (exact) mass is 428 g/mol. The van der Waals surface area contributed by atoms with Gasteiger partial charge >= 0.3 is 0 Å². The van der Waals surface area contributed by atoms with Gasteiger partial charge in [-0.15, -0.1) is 11.3 Å². The maximum atomic E-state index is 12.7. The van der Waals surface area contributed by atoms with E-state index in [1.54, 1.807) is 23.5 Å². The normalized spacial score (nSPS) is 10.9. The van der Waals surface area contributed by atoms with Crippen LogP contribution in [0, 0.1) is 0 Å². The van der Waals surface area contributed by atoms with E-state index in [1.165, 1.54) is 0 Å². The predicted octanol–water partition coefficient (Wildman–Crippen LogP) is 6.31. The Labute approximate surface area is 141 Å². The average molecular weight is 431 g/mol. The molecule has 100 valence electrons. The van der Waals surface area contributed by atoms with Gasteiger partial charge in [0.15, 0.2) is 5.78 Å². The molecule has 3 rings (SSSR count). The van der Waals surface area contributed by atoms with Gasteiger partial charge in [0.1, 0.15) is 0 Å². The fourth-order valence-electron chi connectivity index (χ4n) is 2.02. The minimum absolute atomic E-state index is 0.0492. The molecule has 0 aliphatic heterocycles. The number of thiophene rings is 1. The number of carbonyl (C=O) groups is 1. The lowest BCUT2D eigenvalue weighted by molar-refractivity contribution is 0.104. The Morgan fingerprint density at radius 2 is 1.90 bits per heavy atom. The Hall–Kier alpha value is -0.680. The van der Waals surface area contributed by atoms with E-state index < -0.39 is 0 Å². The number of hydrogen-bond donors (Lipinski definition) is 0. The molecule has 0 unspecified atom stereocenters. The summed E-state index contributed by atoms with van der Waals surface area (Å²) in [7, 11) is 0. The molecule has 1 nitrogen and oxygen atoms in total. The third kappa shape index (κ3) is 2.46. The predicted molar refractivity (Wildman–Crippen MR) is 92.1 cm³/mol. The van der Waals surface area contributed by atoms with Gasteiger partial charge in [-0.1, -0.05) is 39.7 Å². The number of carbonyl (C=O) groups excluding carboxylic acids is 1. The van der Waals surface area contributed by atoms with E-state index >= 15 is 0 Å². The molecule has 3 aromatic rings. The largest absolute Gasteiger partial charge is 0.289 e. The van der Waals surface area contributed by atoms with Crippen LogP contribution >= 0.6 is 54.8 Å². The van der Waals surface area contributed by atoms with E-state index in [1.807, 2.05) is 29.6 Å². The van der Waals surface area contributed by atoms with Gasteiger partial charge in [0.25, 0.3) is 0 Å². The van der Waals surface area contributed by atoms with Crippen molar-refractivity contribution in [3.63, 3.8) is 0 Å². The van der Waals surface area contributed by atoms with E-state index in [0.717, 1.165) is 19.0 Å². The van der Waals surface area contributed by atoms with E-state index in [4.69, 9.17) is 11.6 Å². The minimum Gasteiger partial charge on any atom is -0.289 e. The number of fused-ring (bicyclic) bond motifs is 1. The molecule has 5 heteroatoms. The van der Waals surface area contributed by atoms with Crippen molar-refractivity contribution >= 4 is 70.7 Å². The van der Waals surface area contributed by atoms with Crippen LogP contribution < -0.4 is 0 Å². The molecule has 1 heterocycles. The second kappa shape index (κ2) is 5.60. The summed E-state index contributed by atoms with van der Waals surface area (Å²) in [6.07, 6.45) is 0. The van der Waals surface area contributed by atoms with Gasteiger partial charge in [0.05, 0.1) is 5.02 Å². The van der Waals surface area contributed by atoms with E-state index in [0.29, 0.717) is 16.1 Å². The quantitative estimate of drug-likeness (QED) is 0.436. The van der Waals surface area contributed by atoms with Crippen molar-refractivity contribution < 1.29 is 4.79 Å². The third-order valence-corrected chi connectivity index (χ3v) is 5.73. The molecule has 0 atom stereocenters. The molecule has 0 fully saturated rings. The van der Waals surface area contributed by atoms with Crippen molar-refractivity contribution in [2.45, 2.75) is 0 Å². The molecule has 0 aliphatic rings. The molecule has 1 aromatic heterocycles. The van der Waals surface area contributed by atoms with Crippen molar-refractivity contribution in [2.75, 3.05) is 0 Å². The van der Waals surface area contributed by atoms with Crippen LogP contribution in [-0.4, -0.2) is 5.78 Å². The lowest BCUT2D eigenvalue weighted by Gasteiger charge is -2.03. The summed E-state index contributed by atoms with van der Waals surface area (Å²) in [4.78, 5) is 12.7. The lowest BCUT2D eigenvalue weighted by atomic mass is 10.0. The van der Waals surface area contributed by atoms with Gasteiger partial charge in [-0.05, 0) is 40.2 Å². The zero-order valence-corrected chi connectivity index (χ0v) is 14.7. The standard InChI is InChI=1S/C15H7Br2ClOS/c16-8-4-5-10(13(18)6-8)14(19)11-7-20-15-9(11)2-1-3-12(15)17/h1-7H. The summed E-state index contributed by atoms with van der Waals surface area (Å²) >= 11 is 14.6. The summed E-state index contributed by atoms with van der Waals surface area (Å²) in [5.74, 6) is -0.0492. The second-order valence-corrected chi connectivity index (χ2v) is 7.28. The van der Waals surface area contributed by atoms with Crippen molar-refractivity contribution in [1.82, 2.24) is 0 Å². The highest BCUT2D eigenvalue weighted by molar-refractivity contribution is 9.11. The van der Waals surface area contributed by atoms with Crippen molar-refractivity contribution in [3.05, 3.63) is 66.9 Å². The first-order chi connectivity index (χ1) is 9.58. The fraction of sp³-hybridized carbons (Fsp3) is 0. The number of rotatable bonds is 2. The first kappa shape index (κ1) is 14.3. The Kier molecular flexibility index (Phi) is 4.00. The molecule has 0 saturated heterocycles. The van der Waals surface area contributed by atoms with Crippen LogP contribution in [-0.2, 0) is 0 Å². The summed E-state index contributed by atoms with van der Waals surface area (Å²) in [5.41, 5.74) is 1.21. The number of benzene rings is 2. The maximum absolute atomic E-state index is 12.7. The second-order valence-electron chi connectivity index (χ2n) is 4.22. The smallest absolute Gasteiger partial charge is 0.195 e. The SMILES string of the molecule is O=C(c1ccc(Br)cc1Cl)c1csc2c(Br)cccc12. The number of halogens is 3. The van der Waals surface area contributed by atoms with Crippen LogP contribution in [0.4, 0.5) is 0 Å². The molecule has 0 radical (unpaired) electrons. The molecule has 0 bridgehead atoms. The number of ketones is 1. The third-order valence-electron chi connectivity index (χ3n) is 2.97. The highest BCUT2D eigenvalue weighted by atomic mass is 79.9. The maximum Gasteiger partial charge on any atom is 0.195 e. The van der Waals surface area contributed by atoms with Crippen molar-refractivity contribution in [3.8, 4) is 0 Å². The molecule has 0 N–H and O–H groups in total. The Morgan fingerprint density at radius 1 is 1.10 bits per heavy atom. The van der Waals surface area contributed by atoms with Gasteiger partial charge in [-0.3, -0.25) is 4.79 Å². The summed E-state index contributed by atoms with van der Waals surface area (Å²) in [6, 6.07) is 11.2. The van der Waals surface area contributed by atoms with E-state index in [-0.39, 0.29) is 5.78 Å². The summed E-state index contributed by atoms with van der Waals surface area (Å²) in [5, 5.41) is 3.29. The zero-order valence-electron chi connectivity index (χ0n) is 9.99. The van der Waals surface area contributed by atoms with Gasteiger partial charge in [-0.2, -0.15) is 0 Å². The van der Waals surface area contributed by atoms with Gasteiger partial charge in [0, 0.05) is 35.5 Å². The van der Waals surface area contributed by atoms with E-state index in [2.05, 4.69) is 31.9 Å². The molecular weight excluding hydrogens is 423 g/mol. The minimum atomic E-state index is -0.0492. The summed E-state index contributed by atoms with van der Waals surface area (Å²) in [6.45, 7) is 0. The molecule has 20 heavy (non-hydrogen) atoms. The van der Waals surface area contributed by atoms with Crippen molar-refractivity contribution in [1.29, 1.82) is 0 Å².